The molecule has 0 saturated carbocycles. The molecule has 2 aromatic carbocycles. The molecule has 40 heavy (non-hydrogen) atoms. The summed E-state index contributed by atoms with van der Waals surface area (Å²) >= 11 is 0. The highest BCUT2D eigenvalue weighted by atomic mass is 16.5. The number of ether oxygens (including phenoxy) is 2. The number of amides is 2. The highest BCUT2D eigenvalue weighted by molar-refractivity contribution is 5.95. The molecule has 2 N–H and O–H groups in total. The average molecular weight is 541 g/mol. The maximum Gasteiger partial charge on any atom is 0.258 e. The lowest BCUT2D eigenvalue weighted by Crippen LogP contribution is -2.29. The van der Waals surface area contributed by atoms with E-state index in [1.165, 1.54) is 17.7 Å². The molecule has 1 aliphatic heterocycles. The summed E-state index contributed by atoms with van der Waals surface area (Å²) in [6, 6.07) is 11.1. The first-order chi connectivity index (χ1) is 19.5. The highest BCUT2D eigenvalue weighted by Crippen LogP contribution is 2.33. The Morgan fingerprint density at radius 2 is 2.02 bits per heavy atom. The number of carbonyl (C=O) groups excluding carboxylic acids is 2. The zero-order chi connectivity index (χ0) is 27.6. The number of methoxy groups -OCH3 is 1. The molecule has 206 valence electrons. The van der Waals surface area contributed by atoms with Crippen molar-refractivity contribution < 1.29 is 19.1 Å². The summed E-state index contributed by atoms with van der Waals surface area (Å²) in [7, 11) is 3.36. The van der Waals surface area contributed by atoms with E-state index < -0.39 is 0 Å². The number of nitrogens with zero attached hydrogens (tertiary/aromatic N) is 4. The van der Waals surface area contributed by atoms with Gasteiger partial charge in [-0.2, -0.15) is 5.10 Å². The first kappa shape index (κ1) is 25.7. The van der Waals surface area contributed by atoms with Crippen LogP contribution in [0.15, 0.2) is 48.8 Å². The minimum Gasteiger partial charge on any atom is -0.493 e. The van der Waals surface area contributed by atoms with Crippen LogP contribution in [0, 0.1) is 0 Å². The fraction of sp³-hybridized carbons (Fsp3) is 0.333. The third kappa shape index (κ3) is 5.04. The normalized spacial score (nSPS) is 14.7. The van der Waals surface area contributed by atoms with E-state index in [9.17, 15) is 9.59 Å². The van der Waals surface area contributed by atoms with Gasteiger partial charge in [0.05, 0.1) is 19.3 Å². The molecule has 2 aromatic heterocycles. The molecular weight excluding hydrogens is 508 g/mol. The Labute approximate surface area is 232 Å². The molecule has 0 saturated heterocycles. The van der Waals surface area contributed by atoms with Crippen LogP contribution in [0.5, 0.6) is 11.5 Å². The van der Waals surface area contributed by atoms with Gasteiger partial charge >= 0.3 is 0 Å². The largest absolute Gasteiger partial charge is 0.493 e. The molecule has 4 aromatic rings. The molecule has 2 amide bonds. The van der Waals surface area contributed by atoms with Gasteiger partial charge in [0.2, 0.25) is 0 Å². The van der Waals surface area contributed by atoms with Crippen LogP contribution in [0.2, 0.25) is 0 Å². The maximum atomic E-state index is 13.8. The van der Waals surface area contributed by atoms with E-state index in [0.29, 0.717) is 29.4 Å². The Hall–Kier alpha value is -4.60. The van der Waals surface area contributed by atoms with E-state index in [-0.39, 0.29) is 25.0 Å². The highest BCUT2D eigenvalue weighted by Gasteiger charge is 2.22. The molecule has 0 unspecified atom stereocenters. The number of fused-ring (bicyclic) bond motifs is 8. The first-order valence-corrected chi connectivity index (χ1v) is 13.6. The van der Waals surface area contributed by atoms with Crippen molar-refractivity contribution in [1.29, 1.82) is 0 Å². The van der Waals surface area contributed by atoms with Crippen molar-refractivity contribution in [3.8, 4) is 28.6 Å². The molecule has 0 fully saturated rings. The molecule has 6 rings (SSSR count). The zero-order valence-corrected chi connectivity index (χ0v) is 22.7. The van der Waals surface area contributed by atoms with E-state index >= 15 is 0 Å². The second-order valence-corrected chi connectivity index (χ2v) is 10.3. The number of aromatic nitrogens is 4. The Morgan fingerprint density at radius 1 is 1.15 bits per heavy atom. The molecule has 0 atom stereocenters. The lowest BCUT2D eigenvalue weighted by atomic mass is 10.1. The number of H-pyrrole nitrogens is 1. The number of nitrogens with one attached hydrogen (secondary N) is 2. The second-order valence-electron chi connectivity index (χ2n) is 10.3. The summed E-state index contributed by atoms with van der Waals surface area (Å²) in [6.07, 6.45) is 9.08. The smallest absolute Gasteiger partial charge is 0.258 e. The van der Waals surface area contributed by atoms with Gasteiger partial charge < -0.3 is 19.7 Å². The summed E-state index contributed by atoms with van der Waals surface area (Å²) in [5.41, 5.74) is 6.25. The van der Waals surface area contributed by atoms with Gasteiger partial charge in [-0.3, -0.25) is 19.3 Å². The van der Waals surface area contributed by atoms with Crippen LogP contribution in [0.3, 0.4) is 0 Å². The third-order valence-corrected chi connectivity index (χ3v) is 7.54. The number of benzene rings is 2. The lowest BCUT2D eigenvalue weighted by molar-refractivity contribution is -0.123. The maximum absolute atomic E-state index is 13.8. The van der Waals surface area contributed by atoms with Crippen molar-refractivity contribution >= 4 is 11.8 Å². The monoisotopic (exact) mass is 540 g/mol. The first-order valence-electron chi connectivity index (χ1n) is 13.6. The minimum absolute atomic E-state index is 0.124. The number of aryl methyl sites for hydroxylation is 1. The van der Waals surface area contributed by atoms with Crippen LogP contribution >= 0.6 is 0 Å². The van der Waals surface area contributed by atoms with Crippen molar-refractivity contribution in [2.45, 2.75) is 45.2 Å². The molecule has 0 spiro atoms. The molecule has 10 heteroatoms. The Balaban J connectivity index is 1.36. The van der Waals surface area contributed by atoms with E-state index in [2.05, 4.69) is 20.5 Å². The van der Waals surface area contributed by atoms with Crippen LogP contribution in [0.4, 0.5) is 0 Å². The van der Waals surface area contributed by atoms with Crippen LogP contribution in [-0.2, 0) is 30.7 Å². The van der Waals surface area contributed by atoms with E-state index in [1.807, 2.05) is 35.0 Å². The van der Waals surface area contributed by atoms with Gasteiger partial charge in [-0.05, 0) is 73.2 Å². The van der Waals surface area contributed by atoms with Gasteiger partial charge in [0.15, 0.2) is 18.1 Å². The van der Waals surface area contributed by atoms with E-state index in [4.69, 9.17) is 9.47 Å². The number of aromatic amines is 1. The second kappa shape index (κ2) is 10.9. The minimum atomic E-state index is -0.279. The molecule has 1 aliphatic carbocycles. The molecule has 3 heterocycles. The Bertz CT molecular complexity index is 1570. The van der Waals surface area contributed by atoms with Gasteiger partial charge in [-0.25, -0.2) is 4.98 Å². The quantitative estimate of drug-likeness (QED) is 0.381. The van der Waals surface area contributed by atoms with Gasteiger partial charge in [0.1, 0.15) is 5.82 Å². The SMILES string of the molecule is COc1ccc2cc1OCC(=O)NCc1cc(C(=O)N(C)Cc3n[nH]c4c3CCCCC4)cc(c1)-n1ccnc1-2. The van der Waals surface area contributed by atoms with E-state index in [0.717, 1.165) is 48.2 Å². The number of imidazole rings is 1. The fourth-order valence-corrected chi connectivity index (χ4v) is 5.46. The number of hydrogen-bond donors (Lipinski definition) is 2. The van der Waals surface area contributed by atoms with Crippen molar-refractivity contribution in [3.63, 3.8) is 0 Å². The molecule has 10 nitrogen and oxygen atoms in total. The Kier molecular flexibility index (Phi) is 6.98. The fourth-order valence-electron chi connectivity index (χ4n) is 5.46. The van der Waals surface area contributed by atoms with Crippen molar-refractivity contribution in [3.05, 3.63) is 76.9 Å². The third-order valence-electron chi connectivity index (χ3n) is 7.54. The summed E-state index contributed by atoms with van der Waals surface area (Å²) in [4.78, 5) is 32.7. The number of carbonyl (C=O) groups is 2. The number of hydrogen-bond acceptors (Lipinski definition) is 6. The molecule has 2 aliphatic rings. The van der Waals surface area contributed by atoms with Gasteiger partial charge in [-0.1, -0.05) is 6.42 Å². The standard InChI is InChI=1S/C30H32N6O4/c1-35(17-25-23-6-4-3-5-7-24(23)33-34-25)30(38)21-12-19-13-22(14-21)36-11-10-31-29(36)20-8-9-26(39-2)27(15-20)40-18-28(37)32-16-19/h8-15H,3-7,16-18H2,1-2H3,(H,32,37)(H,33,34). The van der Waals surface area contributed by atoms with Crippen molar-refractivity contribution in [2.24, 2.45) is 0 Å². The number of rotatable bonds is 4. The van der Waals surface area contributed by atoms with Crippen LogP contribution in [-0.4, -0.2) is 57.2 Å². The molecular formula is C30H32N6O4. The zero-order valence-electron chi connectivity index (χ0n) is 22.7. The van der Waals surface area contributed by atoms with Crippen LogP contribution in [0.1, 0.15) is 52.1 Å². The van der Waals surface area contributed by atoms with Gasteiger partial charge in [0.25, 0.3) is 11.8 Å². The summed E-state index contributed by atoms with van der Waals surface area (Å²) in [5, 5.41) is 10.6. The average Bonchev–Trinajstić information content (AvgIpc) is 3.54. The topological polar surface area (TPSA) is 114 Å². The van der Waals surface area contributed by atoms with Gasteiger partial charge in [0, 0.05) is 48.5 Å². The van der Waals surface area contributed by atoms with Crippen LogP contribution in [0.25, 0.3) is 17.1 Å². The molecule has 0 radical (unpaired) electrons. The predicted molar refractivity (Wildman–Crippen MR) is 149 cm³/mol. The van der Waals surface area contributed by atoms with Crippen molar-refractivity contribution in [1.82, 2.24) is 30.0 Å². The van der Waals surface area contributed by atoms with Crippen molar-refractivity contribution in [2.75, 3.05) is 20.8 Å². The summed E-state index contributed by atoms with van der Waals surface area (Å²) < 4.78 is 13.1. The summed E-state index contributed by atoms with van der Waals surface area (Å²) in [5.74, 6) is 1.24. The summed E-state index contributed by atoms with van der Waals surface area (Å²) in [6.45, 7) is 0.491. The lowest BCUT2D eigenvalue weighted by Gasteiger charge is -2.19. The Morgan fingerprint density at radius 3 is 2.90 bits per heavy atom. The molecule has 4 bridgehead atoms. The van der Waals surface area contributed by atoms with Gasteiger partial charge in [-0.15, -0.1) is 0 Å². The predicted octanol–water partition coefficient (Wildman–Crippen LogP) is 3.82. The van der Waals surface area contributed by atoms with Crippen LogP contribution < -0.4 is 14.8 Å². The van der Waals surface area contributed by atoms with E-state index in [1.54, 1.807) is 37.4 Å².